The van der Waals surface area contributed by atoms with E-state index in [1.54, 1.807) is 41.5 Å². The monoisotopic (exact) mass is 834 g/mol. The minimum Gasteiger partial charge on any atom is -0.442 e. The summed E-state index contributed by atoms with van der Waals surface area (Å²) in [6, 6.07) is 0. The van der Waals surface area contributed by atoms with Gasteiger partial charge in [0.15, 0.2) is 0 Å². The molecular weight excluding hydrogens is 794 g/mol. The molecule has 18 heteroatoms. The van der Waals surface area contributed by atoms with E-state index >= 15 is 0 Å². The maximum atomic E-state index is 10.8. The second-order valence-electron chi connectivity index (χ2n) is 6.80. The van der Waals surface area contributed by atoms with Gasteiger partial charge in [-0.1, -0.05) is 15.9 Å². The number of carbonyl (C=O) groups is 2. The van der Waals surface area contributed by atoms with Gasteiger partial charge in [-0.25, -0.2) is 21.0 Å². The Morgan fingerprint density at radius 1 is 0.912 bits per heavy atom. The van der Waals surface area contributed by atoms with Gasteiger partial charge in [-0.05, 0) is 42.9 Å². The van der Waals surface area contributed by atoms with Crippen LogP contribution in [-0.2, 0) is 19.1 Å². The van der Waals surface area contributed by atoms with Gasteiger partial charge < -0.3 is 29.6 Å². The summed E-state index contributed by atoms with van der Waals surface area (Å²) in [5, 5.41) is 32.6. The third-order valence-electron chi connectivity index (χ3n) is 1.53. The van der Waals surface area contributed by atoms with Crippen molar-refractivity contribution in [2.45, 2.75) is 52.7 Å². The molecule has 0 aliphatic heterocycles. The largest absolute Gasteiger partial charge is 0.442 e. The van der Waals surface area contributed by atoms with Crippen LogP contribution in [0.2, 0.25) is 0 Å². The van der Waals surface area contributed by atoms with Gasteiger partial charge in [-0.15, -0.1) is 24.8 Å². The van der Waals surface area contributed by atoms with Crippen LogP contribution in [0, 0.1) is 31.1 Å². The van der Waals surface area contributed by atoms with Gasteiger partial charge in [-0.3, -0.25) is 10.0 Å². The first-order valence-corrected chi connectivity index (χ1v) is 9.80. The van der Waals surface area contributed by atoms with Crippen LogP contribution in [0.25, 0.3) is 0 Å². The van der Waals surface area contributed by atoms with Crippen molar-refractivity contribution in [2.75, 3.05) is 38.4 Å². The third-order valence-corrected chi connectivity index (χ3v) is 1.89. The Kier molecular flexibility index (Phi) is 57.1. The van der Waals surface area contributed by atoms with Gasteiger partial charge in [0.1, 0.15) is 11.2 Å². The molecule has 34 heavy (non-hydrogen) atoms. The maximum Gasteiger partial charge on any atom is 0.431 e. The van der Waals surface area contributed by atoms with Crippen LogP contribution in [0.1, 0.15) is 41.5 Å². The van der Waals surface area contributed by atoms with E-state index in [9.17, 15) is 9.59 Å². The fourth-order valence-electron chi connectivity index (χ4n) is 0.808. The van der Waals surface area contributed by atoms with Gasteiger partial charge in [0.2, 0.25) is 0 Å². The first-order chi connectivity index (χ1) is 14.7. The van der Waals surface area contributed by atoms with E-state index in [2.05, 4.69) is 44.6 Å². The number of hydroxylamine groups is 2. The molecule has 0 aliphatic rings. The molecule has 0 aromatic rings. The van der Waals surface area contributed by atoms with E-state index in [0.29, 0.717) is 5.33 Å². The second-order valence-corrected chi connectivity index (χ2v) is 7.59. The zero-order valence-corrected chi connectivity index (χ0v) is 27.7. The van der Waals surface area contributed by atoms with Crippen LogP contribution in [0.3, 0.4) is 0 Å². The van der Waals surface area contributed by atoms with Crippen LogP contribution < -0.4 is 16.9 Å². The van der Waals surface area contributed by atoms with Crippen LogP contribution >= 0.6 is 40.7 Å². The standard InChI is InChI=1S/C7H15NO4.C5H11NO3.C2H5BrO.C2H7NO2.BH.2ClH.U/c1-7(2,3)12-6(10)8-11-5-4-9;1-5(2,3)9-4(7)6-8;3-1-2-4;3-5-2-1-4;;;;/h9H,4-5H2,1-3H3,(H,8,10);8H,1-3H3,(H,6,7);4H,1-2H2;4H,1-3H2;3*1H;/i;;;;1D;;;. The number of rotatable bonds is 6. The van der Waals surface area contributed by atoms with Crippen LogP contribution in [-0.4, -0.2) is 92.0 Å². The summed E-state index contributed by atoms with van der Waals surface area (Å²) in [6.45, 7) is 10.7. The number of hydrogen-bond acceptors (Lipinski definition) is 11. The first kappa shape index (κ1) is 51.1. The maximum absolute atomic E-state index is 10.8. The van der Waals surface area contributed by atoms with E-state index in [-0.39, 0.29) is 89.0 Å². The number of nitrogens with one attached hydrogen (secondary N) is 2. The summed E-state index contributed by atoms with van der Waals surface area (Å²) in [6.07, 6.45) is -1.49. The normalized spacial score (nSPS) is 9.00. The summed E-state index contributed by atoms with van der Waals surface area (Å²) in [5.74, 6) is 4.48. The Balaban J connectivity index is -0.0000000471. The average Bonchev–Trinajstić information content (AvgIpc) is 2.69. The Hall–Kier alpha value is 0.437. The molecular formula is C16H41BBrCl2N3O10U. The van der Waals surface area contributed by atoms with E-state index in [0.717, 1.165) is 0 Å². The molecule has 0 saturated heterocycles. The number of carbonyl (C=O) groups excluding carboxylic acids is 2. The number of nitrogens with two attached hydrogens (primary N) is 1. The number of alkyl halides is 1. The van der Waals surface area contributed by atoms with Crippen molar-refractivity contribution >= 4 is 61.3 Å². The second kappa shape index (κ2) is 38.0. The summed E-state index contributed by atoms with van der Waals surface area (Å²) < 4.78 is 14.7. The van der Waals surface area contributed by atoms with Crippen molar-refractivity contribution in [1.29, 1.82) is 1.34 Å². The Morgan fingerprint density at radius 2 is 1.26 bits per heavy atom. The van der Waals surface area contributed by atoms with Crippen molar-refractivity contribution in [3.63, 3.8) is 0 Å². The third kappa shape index (κ3) is 76.8. The Morgan fingerprint density at radius 3 is 1.44 bits per heavy atom. The quantitative estimate of drug-likeness (QED) is 0.0656. The van der Waals surface area contributed by atoms with Crippen molar-refractivity contribution in [1.82, 2.24) is 11.0 Å². The van der Waals surface area contributed by atoms with Gasteiger partial charge >= 0.3 is 12.2 Å². The van der Waals surface area contributed by atoms with Crippen LogP contribution in [0.15, 0.2) is 0 Å². The Bertz CT molecular complexity index is 417. The molecule has 0 rings (SSSR count). The van der Waals surface area contributed by atoms with Crippen molar-refractivity contribution in [2.24, 2.45) is 5.90 Å². The average molecular weight is 836 g/mol. The number of aliphatic hydroxyl groups is 3. The molecule has 0 spiro atoms. The number of amides is 2. The minimum absolute atomic E-state index is 0. The van der Waals surface area contributed by atoms with Gasteiger partial charge in [0.05, 0.1) is 33.0 Å². The van der Waals surface area contributed by atoms with E-state index in [1.165, 1.54) is 5.48 Å². The molecule has 2 amide bonds. The minimum atomic E-state index is -0.831. The fourth-order valence-corrected chi connectivity index (χ4v) is 0.808. The molecule has 0 atom stereocenters. The number of halogens is 3. The molecule has 0 aromatic heterocycles. The number of ether oxygens (including phenoxy) is 2. The zero-order valence-electron chi connectivity index (χ0n) is 21.3. The summed E-state index contributed by atoms with van der Waals surface area (Å²) in [5.41, 5.74) is 2.30. The smallest absolute Gasteiger partial charge is 0.431 e. The summed E-state index contributed by atoms with van der Waals surface area (Å²) in [4.78, 5) is 29.5. The van der Waals surface area contributed by atoms with Gasteiger partial charge in [0.25, 0.3) is 0 Å². The molecule has 2 radical (unpaired) electrons. The molecule has 13 nitrogen and oxygen atoms in total. The van der Waals surface area contributed by atoms with E-state index in [4.69, 9.17) is 26.6 Å². The molecule has 0 aromatic carbocycles. The topological polar surface area (TPSA) is 202 Å². The van der Waals surface area contributed by atoms with Gasteiger partial charge in [0, 0.05) is 44.8 Å². The summed E-state index contributed by atoms with van der Waals surface area (Å²) in [7, 11) is 3.75. The van der Waals surface area contributed by atoms with Crippen molar-refractivity contribution in [3.05, 3.63) is 0 Å². The zero-order chi connectivity index (χ0) is 26.6. The van der Waals surface area contributed by atoms with Crippen LogP contribution in [0.5, 0.6) is 0 Å². The Labute approximate surface area is 249 Å². The van der Waals surface area contributed by atoms with Crippen molar-refractivity contribution < 1.29 is 80.4 Å². The molecule has 0 heterocycles. The molecule has 0 saturated carbocycles. The first-order valence-electron chi connectivity index (χ1n) is 9.26. The molecule has 0 bridgehead atoms. The van der Waals surface area contributed by atoms with Gasteiger partial charge in [-0.2, -0.15) is 5.48 Å². The molecule has 208 valence electrons. The van der Waals surface area contributed by atoms with E-state index in [1.807, 2.05) is 5.48 Å². The SMILES string of the molecule is CC(C)(C)OC(=O)NO.CC(C)(C)OC(=O)NOCCO.Cl.Cl.NOCCO.OCCBr.[2H][B].[U]. The molecule has 0 fully saturated rings. The number of aliphatic hydroxyl groups excluding tert-OH is 3. The fraction of sp³-hybridized carbons (Fsp3) is 0.875. The molecule has 0 unspecified atom stereocenters. The van der Waals surface area contributed by atoms with Crippen LogP contribution in [0.4, 0.5) is 9.59 Å². The van der Waals surface area contributed by atoms with E-state index < -0.39 is 23.4 Å². The van der Waals surface area contributed by atoms with Crippen molar-refractivity contribution in [3.8, 4) is 0 Å². The predicted octanol–water partition coefficient (Wildman–Crippen LogP) is 0.773. The molecule has 8 N–H and O–H groups in total. The number of hydrogen-bond donors (Lipinski definition) is 7. The molecule has 0 aliphatic carbocycles. The predicted molar refractivity (Wildman–Crippen MR) is 133 cm³/mol. The summed E-state index contributed by atoms with van der Waals surface area (Å²) >= 11 is 3.00.